The predicted octanol–water partition coefficient (Wildman–Crippen LogP) is 3.15. The molecule has 1 N–H and O–H groups in total. The summed E-state index contributed by atoms with van der Waals surface area (Å²) >= 11 is 0. The highest BCUT2D eigenvalue weighted by atomic mass is 16.3. The Morgan fingerprint density at radius 3 is 2.59 bits per heavy atom. The van der Waals surface area contributed by atoms with Crippen molar-refractivity contribution in [2.24, 2.45) is 0 Å². The van der Waals surface area contributed by atoms with Crippen molar-refractivity contribution in [1.29, 1.82) is 0 Å². The molecule has 0 aliphatic heterocycles. The zero-order valence-electron chi connectivity index (χ0n) is 13.6. The van der Waals surface area contributed by atoms with Crippen LogP contribution in [0.2, 0.25) is 0 Å². The molecule has 0 unspecified atom stereocenters. The van der Waals surface area contributed by atoms with Crippen molar-refractivity contribution in [3.8, 4) is 0 Å². The van der Waals surface area contributed by atoms with Crippen LogP contribution in [0.25, 0.3) is 0 Å². The Bertz CT molecular complexity index is 605. The third-order valence-electron chi connectivity index (χ3n) is 3.58. The first-order chi connectivity index (χ1) is 10.6. The van der Waals surface area contributed by atoms with Gasteiger partial charge in [-0.1, -0.05) is 30.3 Å². The molecule has 0 bridgehead atoms. The van der Waals surface area contributed by atoms with E-state index in [4.69, 9.17) is 4.42 Å². The molecule has 2 rings (SSSR count). The van der Waals surface area contributed by atoms with Crippen LogP contribution in [0.1, 0.15) is 33.9 Å². The Labute approximate surface area is 132 Å². The summed E-state index contributed by atoms with van der Waals surface area (Å²) in [4.78, 5) is 14.3. The molecule has 0 spiro atoms. The van der Waals surface area contributed by atoms with Crippen LogP contribution in [0.15, 0.2) is 40.8 Å². The summed E-state index contributed by atoms with van der Waals surface area (Å²) in [7, 11) is 2.10. The molecule has 0 aliphatic carbocycles. The van der Waals surface area contributed by atoms with E-state index in [-0.39, 0.29) is 5.91 Å². The number of hydrogen-bond acceptors (Lipinski definition) is 3. The normalized spacial score (nSPS) is 10.9. The van der Waals surface area contributed by atoms with E-state index in [9.17, 15) is 4.79 Å². The zero-order valence-corrected chi connectivity index (χ0v) is 13.6. The smallest absolute Gasteiger partial charge is 0.254 e. The van der Waals surface area contributed by atoms with E-state index >= 15 is 0 Å². The summed E-state index contributed by atoms with van der Waals surface area (Å²) < 4.78 is 5.38. The van der Waals surface area contributed by atoms with Gasteiger partial charge in [0.05, 0.1) is 5.56 Å². The molecule has 22 heavy (non-hydrogen) atoms. The average Bonchev–Trinajstić information content (AvgIpc) is 2.83. The topological polar surface area (TPSA) is 45.5 Å². The average molecular weight is 300 g/mol. The predicted molar refractivity (Wildman–Crippen MR) is 87.9 cm³/mol. The quantitative estimate of drug-likeness (QED) is 0.799. The minimum atomic E-state index is -0.0555. The Kier molecular flexibility index (Phi) is 5.78. The maximum atomic E-state index is 12.0. The highest BCUT2D eigenvalue weighted by Crippen LogP contribution is 2.13. The highest BCUT2D eigenvalue weighted by molar-refractivity contribution is 5.95. The first-order valence-corrected chi connectivity index (χ1v) is 7.64. The number of furan rings is 1. The summed E-state index contributed by atoms with van der Waals surface area (Å²) in [5.41, 5.74) is 1.94. The van der Waals surface area contributed by atoms with Gasteiger partial charge in [0.25, 0.3) is 5.91 Å². The molecule has 4 heteroatoms. The maximum absolute atomic E-state index is 12.0. The zero-order chi connectivity index (χ0) is 15.9. The molecule has 1 aromatic carbocycles. The van der Waals surface area contributed by atoms with Gasteiger partial charge in [-0.05, 0) is 45.5 Å². The van der Waals surface area contributed by atoms with E-state index in [0.717, 1.165) is 25.3 Å². The standard InChI is InChI=1S/C18H24N2O2/c1-14-12-17(15(2)22-14)18(21)19-10-7-11-20(3)13-16-8-5-4-6-9-16/h4-6,8-9,12H,7,10-11,13H2,1-3H3,(H,19,21). The molecule has 0 atom stereocenters. The van der Waals surface area contributed by atoms with Crippen molar-refractivity contribution in [2.45, 2.75) is 26.8 Å². The van der Waals surface area contributed by atoms with Crippen molar-refractivity contribution < 1.29 is 9.21 Å². The van der Waals surface area contributed by atoms with E-state index in [1.54, 1.807) is 6.07 Å². The molecule has 0 radical (unpaired) electrons. The number of rotatable bonds is 7. The Morgan fingerprint density at radius 1 is 1.23 bits per heavy atom. The van der Waals surface area contributed by atoms with Crippen molar-refractivity contribution >= 4 is 5.91 Å². The van der Waals surface area contributed by atoms with Crippen LogP contribution in [0.3, 0.4) is 0 Å². The monoisotopic (exact) mass is 300 g/mol. The maximum Gasteiger partial charge on any atom is 0.254 e. The molecular formula is C18H24N2O2. The number of nitrogens with one attached hydrogen (secondary N) is 1. The molecule has 0 fully saturated rings. The first-order valence-electron chi connectivity index (χ1n) is 7.64. The lowest BCUT2D eigenvalue weighted by Crippen LogP contribution is -2.28. The highest BCUT2D eigenvalue weighted by Gasteiger charge is 2.12. The minimum absolute atomic E-state index is 0.0555. The lowest BCUT2D eigenvalue weighted by molar-refractivity contribution is 0.0950. The van der Waals surface area contributed by atoms with Gasteiger partial charge in [-0.2, -0.15) is 0 Å². The second kappa shape index (κ2) is 7.80. The largest absolute Gasteiger partial charge is 0.466 e. The van der Waals surface area contributed by atoms with Gasteiger partial charge in [-0.3, -0.25) is 4.79 Å². The van der Waals surface area contributed by atoms with Gasteiger partial charge in [-0.15, -0.1) is 0 Å². The summed E-state index contributed by atoms with van der Waals surface area (Å²) in [6.07, 6.45) is 0.922. The van der Waals surface area contributed by atoms with Crippen molar-refractivity contribution in [2.75, 3.05) is 20.1 Å². The lowest BCUT2D eigenvalue weighted by Gasteiger charge is -2.16. The number of carbonyl (C=O) groups is 1. The number of nitrogens with zero attached hydrogens (tertiary/aromatic N) is 1. The van der Waals surface area contributed by atoms with Crippen LogP contribution < -0.4 is 5.32 Å². The lowest BCUT2D eigenvalue weighted by atomic mass is 10.2. The third-order valence-corrected chi connectivity index (χ3v) is 3.58. The first kappa shape index (κ1) is 16.3. The molecule has 4 nitrogen and oxygen atoms in total. The molecule has 0 aliphatic rings. The summed E-state index contributed by atoms with van der Waals surface area (Å²) in [6, 6.07) is 12.2. The molecule has 2 aromatic rings. The molecular weight excluding hydrogens is 276 g/mol. The number of amides is 1. The Morgan fingerprint density at radius 2 is 1.95 bits per heavy atom. The molecule has 1 heterocycles. The summed E-state index contributed by atoms with van der Waals surface area (Å²) in [5, 5.41) is 2.95. The third kappa shape index (κ3) is 4.74. The number of hydrogen-bond donors (Lipinski definition) is 1. The van der Waals surface area contributed by atoms with Gasteiger partial charge >= 0.3 is 0 Å². The van der Waals surface area contributed by atoms with Gasteiger partial charge in [0.15, 0.2) is 0 Å². The minimum Gasteiger partial charge on any atom is -0.466 e. The van der Waals surface area contributed by atoms with Crippen LogP contribution in [0.5, 0.6) is 0 Å². The number of benzene rings is 1. The molecule has 1 amide bonds. The molecule has 0 saturated carbocycles. The van der Waals surface area contributed by atoms with Gasteiger partial charge in [-0.25, -0.2) is 0 Å². The number of carbonyl (C=O) groups excluding carboxylic acids is 1. The van der Waals surface area contributed by atoms with Crippen molar-refractivity contribution in [3.63, 3.8) is 0 Å². The van der Waals surface area contributed by atoms with Crippen LogP contribution in [-0.2, 0) is 6.54 Å². The van der Waals surface area contributed by atoms with Crippen molar-refractivity contribution in [3.05, 3.63) is 59.0 Å². The molecule has 118 valence electrons. The van der Waals surface area contributed by atoms with Crippen molar-refractivity contribution in [1.82, 2.24) is 10.2 Å². The summed E-state index contributed by atoms with van der Waals surface area (Å²) in [6.45, 7) is 6.20. The van der Waals surface area contributed by atoms with Crippen LogP contribution in [-0.4, -0.2) is 30.9 Å². The van der Waals surface area contributed by atoms with E-state index in [1.165, 1.54) is 5.56 Å². The van der Waals surface area contributed by atoms with E-state index in [0.29, 0.717) is 17.9 Å². The SMILES string of the molecule is Cc1cc(C(=O)NCCCN(C)Cc2ccccc2)c(C)o1. The van der Waals surface area contributed by atoms with E-state index in [2.05, 4.69) is 41.5 Å². The molecule has 1 aromatic heterocycles. The van der Waals surface area contributed by atoms with Crippen LogP contribution >= 0.6 is 0 Å². The second-order valence-corrected chi connectivity index (χ2v) is 5.66. The fourth-order valence-corrected chi connectivity index (χ4v) is 2.48. The van der Waals surface area contributed by atoms with Crippen LogP contribution in [0, 0.1) is 13.8 Å². The van der Waals surface area contributed by atoms with Gasteiger partial charge in [0.2, 0.25) is 0 Å². The molecule has 0 saturated heterocycles. The Hall–Kier alpha value is -2.07. The van der Waals surface area contributed by atoms with E-state index in [1.807, 2.05) is 19.9 Å². The van der Waals surface area contributed by atoms with Gasteiger partial charge in [0.1, 0.15) is 11.5 Å². The summed E-state index contributed by atoms with van der Waals surface area (Å²) in [5.74, 6) is 1.39. The Balaban J connectivity index is 1.68. The van der Waals surface area contributed by atoms with Gasteiger partial charge in [0, 0.05) is 13.1 Å². The van der Waals surface area contributed by atoms with E-state index < -0.39 is 0 Å². The fraction of sp³-hybridized carbons (Fsp3) is 0.389. The van der Waals surface area contributed by atoms with Gasteiger partial charge < -0.3 is 14.6 Å². The fourth-order valence-electron chi connectivity index (χ4n) is 2.48. The number of aryl methyl sites for hydroxylation is 2. The van der Waals surface area contributed by atoms with Crippen LogP contribution in [0.4, 0.5) is 0 Å². The second-order valence-electron chi connectivity index (χ2n) is 5.66.